The summed E-state index contributed by atoms with van der Waals surface area (Å²) in [6.07, 6.45) is 0.123. The number of benzene rings is 1. The lowest BCUT2D eigenvalue weighted by Crippen LogP contribution is -2.09. The molecular weight excluding hydrogens is 228 g/mol. The molecule has 16 heavy (non-hydrogen) atoms. The number of carbonyl (C=O) groups is 1. The van der Waals surface area contributed by atoms with E-state index in [1.54, 1.807) is 24.3 Å². The lowest BCUT2D eigenvalue weighted by atomic mass is 10.1. The van der Waals surface area contributed by atoms with Crippen molar-refractivity contribution in [2.24, 2.45) is 0 Å². The molecule has 0 aliphatic carbocycles. The fourth-order valence-electron chi connectivity index (χ4n) is 1.23. The summed E-state index contributed by atoms with van der Waals surface area (Å²) >= 11 is 5.90. The first-order valence-electron chi connectivity index (χ1n) is 5.03. The van der Waals surface area contributed by atoms with Gasteiger partial charge in [-0.05, 0) is 31.5 Å². The van der Waals surface area contributed by atoms with Crippen LogP contribution in [-0.4, -0.2) is 19.2 Å². The van der Waals surface area contributed by atoms with Gasteiger partial charge in [0.2, 0.25) is 0 Å². The zero-order valence-corrected chi connectivity index (χ0v) is 10.3. The second-order valence-electron chi connectivity index (χ2n) is 3.62. The first kappa shape index (κ1) is 12.8. The Morgan fingerprint density at radius 1 is 1.25 bits per heavy atom. The van der Waals surface area contributed by atoms with E-state index in [9.17, 15) is 4.79 Å². The summed E-state index contributed by atoms with van der Waals surface area (Å²) in [6, 6.07) is 7.08. The largest absolute Gasteiger partial charge is 0.491 e. The van der Waals surface area contributed by atoms with Gasteiger partial charge in [0, 0.05) is 0 Å². The van der Waals surface area contributed by atoms with Gasteiger partial charge in [-0.15, -0.1) is 11.6 Å². The van der Waals surface area contributed by atoms with Crippen molar-refractivity contribution in [1.82, 2.24) is 0 Å². The van der Waals surface area contributed by atoms with Gasteiger partial charge in [0.15, 0.2) is 5.38 Å². The molecule has 1 atom stereocenters. The van der Waals surface area contributed by atoms with E-state index in [4.69, 9.17) is 16.3 Å². The smallest absolute Gasteiger partial charge is 0.328 e. The van der Waals surface area contributed by atoms with E-state index in [2.05, 4.69) is 4.74 Å². The molecule has 0 aromatic heterocycles. The highest BCUT2D eigenvalue weighted by atomic mass is 35.5. The third-order valence-electron chi connectivity index (χ3n) is 1.95. The van der Waals surface area contributed by atoms with Crippen LogP contribution < -0.4 is 4.74 Å². The summed E-state index contributed by atoms with van der Waals surface area (Å²) in [5.41, 5.74) is 0.699. The molecule has 3 nitrogen and oxygen atoms in total. The molecular formula is C12H15ClO3. The molecule has 0 radical (unpaired) electrons. The zero-order chi connectivity index (χ0) is 12.1. The maximum atomic E-state index is 11.2. The van der Waals surface area contributed by atoms with Crippen LogP contribution in [0.4, 0.5) is 0 Å². The summed E-state index contributed by atoms with van der Waals surface area (Å²) in [5.74, 6) is 0.298. The van der Waals surface area contributed by atoms with Gasteiger partial charge in [0.1, 0.15) is 5.75 Å². The van der Waals surface area contributed by atoms with Crippen molar-refractivity contribution < 1.29 is 14.3 Å². The molecule has 0 bridgehead atoms. The van der Waals surface area contributed by atoms with Crippen LogP contribution in [0.5, 0.6) is 5.75 Å². The van der Waals surface area contributed by atoms with Crippen molar-refractivity contribution in [1.29, 1.82) is 0 Å². The predicted molar refractivity (Wildman–Crippen MR) is 62.8 cm³/mol. The highest BCUT2D eigenvalue weighted by Gasteiger charge is 2.17. The summed E-state index contributed by atoms with van der Waals surface area (Å²) in [6.45, 7) is 3.90. The number of rotatable bonds is 4. The average Bonchev–Trinajstić information content (AvgIpc) is 2.27. The first-order valence-corrected chi connectivity index (χ1v) is 5.46. The quantitative estimate of drug-likeness (QED) is 0.602. The van der Waals surface area contributed by atoms with E-state index in [1.807, 2.05) is 13.8 Å². The van der Waals surface area contributed by atoms with Crippen molar-refractivity contribution in [3.05, 3.63) is 29.8 Å². The molecule has 0 amide bonds. The normalized spacial score (nSPS) is 12.3. The Bertz CT molecular complexity index is 346. The molecule has 1 aromatic rings. The second-order valence-corrected chi connectivity index (χ2v) is 4.06. The average molecular weight is 243 g/mol. The van der Waals surface area contributed by atoms with Crippen LogP contribution in [0.3, 0.4) is 0 Å². The molecule has 0 fully saturated rings. The van der Waals surface area contributed by atoms with Crippen LogP contribution >= 0.6 is 11.6 Å². The number of carbonyl (C=O) groups excluding carboxylic acids is 1. The van der Waals surface area contributed by atoms with Gasteiger partial charge in [0.05, 0.1) is 13.2 Å². The number of hydrogen-bond acceptors (Lipinski definition) is 3. The van der Waals surface area contributed by atoms with Crippen LogP contribution in [0.2, 0.25) is 0 Å². The molecule has 0 N–H and O–H groups in total. The Morgan fingerprint density at radius 2 is 1.81 bits per heavy atom. The maximum Gasteiger partial charge on any atom is 0.328 e. The van der Waals surface area contributed by atoms with Crippen molar-refractivity contribution in [3.63, 3.8) is 0 Å². The molecule has 1 unspecified atom stereocenters. The van der Waals surface area contributed by atoms with E-state index in [1.165, 1.54) is 7.11 Å². The molecule has 0 aliphatic rings. The minimum Gasteiger partial charge on any atom is -0.491 e. The van der Waals surface area contributed by atoms with Crippen LogP contribution in [0, 0.1) is 0 Å². The molecule has 0 aliphatic heterocycles. The van der Waals surface area contributed by atoms with Gasteiger partial charge < -0.3 is 9.47 Å². The topological polar surface area (TPSA) is 35.5 Å². The van der Waals surface area contributed by atoms with E-state index >= 15 is 0 Å². The Kier molecular flexibility index (Phi) is 4.62. The summed E-state index contributed by atoms with van der Waals surface area (Å²) in [5, 5.41) is -0.766. The lowest BCUT2D eigenvalue weighted by Gasteiger charge is -2.11. The number of halogens is 1. The Hall–Kier alpha value is -1.22. The van der Waals surface area contributed by atoms with Crippen molar-refractivity contribution >= 4 is 17.6 Å². The SMILES string of the molecule is COC(=O)C(Cl)c1ccc(OC(C)C)cc1. The minimum atomic E-state index is -0.766. The zero-order valence-electron chi connectivity index (χ0n) is 9.57. The third-order valence-corrected chi connectivity index (χ3v) is 2.38. The summed E-state index contributed by atoms with van der Waals surface area (Å²) < 4.78 is 10.0. The summed E-state index contributed by atoms with van der Waals surface area (Å²) in [7, 11) is 1.31. The van der Waals surface area contributed by atoms with Gasteiger partial charge in [-0.2, -0.15) is 0 Å². The van der Waals surface area contributed by atoms with E-state index in [-0.39, 0.29) is 6.10 Å². The van der Waals surface area contributed by atoms with Gasteiger partial charge in [-0.3, -0.25) is 4.79 Å². The van der Waals surface area contributed by atoms with Gasteiger partial charge in [0.25, 0.3) is 0 Å². The van der Waals surface area contributed by atoms with Gasteiger partial charge in [-0.25, -0.2) is 0 Å². The maximum absolute atomic E-state index is 11.2. The molecule has 88 valence electrons. The Labute approximate surface area is 100 Å². The van der Waals surface area contributed by atoms with Crippen molar-refractivity contribution in [2.75, 3.05) is 7.11 Å². The number of hydrogen-bond donors (Lipinski definition) is 0. The number of ether oxygens (including phenoxy) is 2. The first-order chi connectivity index (χ1) is 7.54. The number of alkyl halides is 1. The molecule has 1 aromatic carbocycles. The van der Waals surface area contributed by atoms with Crippen LogP contribution in [0.1, 0.15) is 24.8 Å². The monoisotopic (exact) mass is 242 g/mol. The lowest BCUT2D eigenvalue weighted by molar-refractivity contribution is -0.140. The van der Waals surface area contributed by atoms with Crippen LogP contribution in [0.25, 0.3) is 0 Å². The van der Waals surface area contributed by atoms with E-state index < -0.39 is 11.3 Å². The van der Waals surface area contributed by atoms with Gasteiger partial charge in [-0.1, -0.05) is 12.1 Å². The minimum absolute atomic E-state index is 0.123. The second kappa shape index (κ2) is 5.75. The fraction of sp³-hybridized carbons (Fsp3) is 0.417. The molecule has 0 saturated carbocycles. The highest BCUT2D eigenvalue weighted by molar-refractivity contribution is 6.29. The molecule has 1 rings (SSSR count). The third kappa shape index (κ3) is 3.42. The van der Waals surface area contributed by atoms with Gasteiger partial charge >= 0.3 is 5.97 Å². The highest BCUT2D eigenvalue weighted by Crippen LogP contribution is 2.24. The molecule has 4 heteroatoms. The molecule has 0 heterocycles. The predicted octanol–water partition coefficient (Wildman–Crippen LogP) is 2.93. The van der Waals surface area contributed by atoms with E-state index in [0.717, 1.165) is 5.75 Å². The summed E-state index contributed by atoms with van der Waals surface area (Å²) in [4.78, 5) is 11.2. The standard InChI is InChI=1S/C12H15ClO3/c1-8(2)16-10-6-4-9(5-7-10)11(13)12(14)15-3/h4-8,11H,1-3H3. The van der Waals surface area contributed by atoms with Crippen LogP contribution in [0.15, 0.2) is 24.3 Å². The molecule has 0 spiro atoms. The molecule has 0 saturated heterocycles. The Balaban J connectivity index is 2.74. The van der Waals surface area contributed by atoms with Crippen molar-refractivity contribution in [3.8, 4) is 5.75 Å². The van der Waals surface area contributed by atoms with Crippen molar-refractivity contribution in [2.45, 2.75) is 25.3 Å². The van der Waals surface area contributed by atoms with Crippen LogP contribution in [-0.2, 0) is 9.53 Å². The number of methoxy groups -OCH3 is 1. The number of esters is 1. The Morgan fingerprint density at radius 3 is 2.25 bits per heavy atom. The fourth-order valence-corrected chi connectivity index (χ4v) is 1.46. The van der Waals surface area contributed by atoms with E-state index in [0.29, 0.717) is 5.56 Å².